The average Bonchev–Trinajstić information content (AvgIpc) is 3.43. The lowest BCUT2D eigenvalue weighted by atomic mass is 9.92. The van der Waals surface area contributed by atoms with Gasteiger partial charge in [-0.3, -0.25) is 9.89 Å². The van der Waals surface area contributed by atoms with Gasteiger partial charge >= 0.3 is 6.01 Å². The largest absolute Gasteiger partial charge is 0.462 e. The Kier molecular flexibility index (Phi) is 5.66. The van der Waals surface area contributed by atoms with Crippen molar-refractivity contribution in [1.29, 1.82) is 5.26 Å². The number of aromatic nitrogens is 5. The summed E-state index contributed by atoms with van der Waals surface area (Å²) in [7, 11) is 0. The van der Waals surface area contributed by atoms with Crippen molar-refractivity contribution in [3.63, 3.8) is 0 Å². The Bertz CT molecular complexity index is 1370. The first-order chi connectivity index (χ1) is 17.8. The predicted octanol–water partition coefficient (Wildman–Crippen LogP) is 3.30. The van der Waals surface area contributed by atoms with E-state index in [9.17, 15) is 18.8 Å². The van der Waals surface area contributed by atoms with E-state index < -0.39 is 23.8 Å². The highest BCUT2D eigenvalue weighted by atomic mass is 19.3. The first kappa shape index (κ1) is 23.5. The van der Waals surface area contributed by atoms with Crippen LogP contribution in [0.2, 0.25) is 0 Å². The van der Waals surface area contributed by atoms with Crippen LogP contribution in [0.5, 0.6) is 6.01 Å². The van der Waals surface area contributed by atoms with E-state index in [1.165, 1.54) is 0 Å². The van der Waals surface area contributed by atoms with Gasteiger partial charge in [-0.1, -0.05) is 0 Å². The summed E-state index contributed by atoms with van der Waals surface area (Å²) in [5, 5.41) is 17.9. The minimum Gasteiger partial charge on any atom is -0.462 e. The molecule has 192 valence electrons. The molecule has 0 atom stereocenters. The summed E-state index contributed by atoms with van der Waals surface area (Å²) >= 11 is 0. The fourth-order valence-corrected chi connectivity index (χ4v) is 5.03. The molecule has 1 saturated carbocycles. The highest BCUT2D eigenvalue weighted by molar-refractivity contribution is 5.93. The molecule has 0 unspecified atom stereocenters. The summed E-state index contributed by atoms with van der Waals surface area (Å²) in [4.78, 5) is 29.3. The number of hydrogen-bond acceptors (Lipinski definition) is 8. The van der Waals surface area contributed by atoms with Gasteiger partial charge in [0.05, 0.1) is 23.7 Å². The number of halogens is 2. The molecule has 2 saturated heterocycles. The molecule has 0 aromatic carbocycles. The number of hydrogen-bond donors (Lipinski definition) is 1. The first-order valence-electron chi connectivity index (χ1n) is 12.5. The van der Waals surface area contributed by atoms with Crippen molar-refractivity contribution < 1.29 is 18.3 Å². The highest BCUT2D eigenvalue weighted by Gasteiger charge is 2.45. The molecule has 3 aromatic rings. The van der Waals surface area contributed by atoms with Crippen LogP contribution in [-0.2, 0) is 0 Å². The van der Waals surface area contributed by atoms with E-state index in [0.29, 0.717) is 18.9 Å². The Hall–Kier alpha value is -3.88. The van der Waals surface area contributed by atoms with Gasteiger partial charge in [-0.2, -0.15) is 20.3 Å². The molecule has 37 heavy (non-hydrogen) atoms. The second kappa shape index (κ2) is 8.90. The Morgan fingerprint density at radius 1 is 1.22 bits per heavy atom. The van der Waals surface area contributed by atoms with Crippen LogP contribution in [0.3, 0.4) is 0 Å². The number of pyridine rings is 1. The second-order valence-corrected chi connectivity index (χ2v) is 10.2. The smallest absolute Gasteiger partial charge is 0.319 e. The first-order valence-corrected chi connectivity index (χ1v) is 12.5. The molecule has 2 aliphatic heterocycles. The zero-order chi connectivity index (χ0) is 25.6. The Morgan fingerprint density at radius 2 is 2.03 bits per heavy atom. The van der Waals surface area contributed by atoms with Gasteiger partial charge in [-0.25, -0.2) is 13.8 Å². The van der Waals surface area contributed by atoms with E-state index in [1.807, 2.05) is 17.0 Å². The molecule has 6 rings (SSSR count). The number of alkyl halides is 2. The molecule has 0 radical (unpaired) electrons. The van der Waals surface area contributed by atoms with Gasteiger partial charge in [0.1, 0.15) is 18.1 Å². The van der Waals surface area contributed by atoms with Crippen LogP contribution in [-0.4, -0.2) is 74.7 Å². The Labute approximate surface area is 211 Å². The van der Waals surface area contributed by atoms with Gasteiger partial charge < -0.3 is 14.5 Å². The number of nitrogens with one attached hydrogen (secondary N) is 1. The number of nitrogens with zero attached hydrogens (tertiary/aromatic N) is 7. The number of likely N-dealkylation sites (tertiary alicyclic amines) is 1. The summed E-state index contributed by atoms with van der Waals surface area (Å²) in [5.74, 6) is -2.72. The number of H-pyrrole nitrogens is 1. The van der Waals surface area contributed by atoms with Crippen LogP contribution in [0.15, 0.2) is 24.4 Å². The number of aromatic amines is 1. The topological polar surface area (TPSA) is 124 Å². The number of fused-ring (bicyclic) bond motifs is 1. The van der Waals surface area contributed by atoms with Crippen LogP contribution in [0, 0.1) is 16.7 Å². The molecule has 1 amide bonds. The third kappa shape index (κ3) is 4.65. The number of nitriles is 1. The van der Waals surface area contributed by atoms with Crippen molar-refractivity contribution >= 4 is 22.8 Å². The predicted molar refractivity (Wildman–Crippen MR) is 128 cm³/mol. The monoisotopic (exact) mass is 508 g/mol. The van der Waals surface area contributed by atoms with Crippen molar-refractivity contribution in [2.45, 2.75) is 43.9 Å². The van der Waals surface area contributed by atoms with E-state index >= 15 is 0 Å². The number of carbonyl (C=O) groups excluding carboxylic acids is 1. The third-order valence-electron chi connectivity index (χ3n) is 7.51. The van der Waals surface area contributed by atoms with Crippen molar-refractivity contribution in [2.75, 3.05) is 37.7 Å². The van der Waals surface area contributed by atoms with Crippen LogP contribution >= 0.6 is 0 Å². The number of amides is 1. The molecule has 12 heteroatoms. The van der Waals surface area contributed by atoms with Gasteiger partial charge in [0.15, 0.2) is 5.65 Å². The van der Waals surface area contributed by atoms with Gasteiger partial charge in [0.25, 0.3) is 11.8 Å². The SMILES string of the molecule is N#CC1(COc2nc(C(=O)N3CCC(F)(F)C3)cc(N3CCC(c4n[nH]c5ncccc45)CC3)n2)CC1. The maximum Gasteiger partial charge on any atom is 0.319 e. The molecule has 5 heterocycles. The van der Waals surface area contributed by atoms with Gasteiger partial charge in [0, 0.05) is 49.6 Å². The summed E-state index contributed by atoms with van der Waals surface area (Å²) < 4.78 is 33.3. The van der Waals surface area contributed by atoms with Crippen molar-refractivity contribution in [2.24, 2.45) is 5.41 Å². The maximum atomic E-state index is 13.8. The number of carbonyl (C=O) groups is 1. The van der Waals surface area contributed by atoms with E-state index in [4.69, 9.17) is 4.74 Å². The Morgan fingerprint density at radius 3 is 2.73 bits per heavy atom. The molecule has 0 spiro atoms. The van der Waals surface area contributed by atoms with Crippen molar-refractivity contribution in [1.82, 2.24) is 30.0 Å². The van der Waals surface area contributed by atoms with Crippen LogP contribution in [0.25, 0.3) is 11.0 Å². The third-order valence-corrected chi connectivity index (χ3v) is 7.51. The quantitative estimate of drug-likeness (QED) is 0.538. The normalized spacial score (nSPS) is 20.7. The molecular weight excluding hydrogens is 482 g/mol. The van der Waals surface area contributed by atoms with Gasteiger partial charge in [0.2, 0.25) is 0 Å². The fourth-order valence-electron chi connectivity index (χ4n) is 5.03. The molecule has 3 fully saturated rings. The summed E-state index contributed by atoms with van der Waals surface area (Å²) in [5.41, 5.74) is 1.23. The van der Waals surface area contributed by atoms with Gasteiger partial charge in [-0.05, 0) is 37.8 Å². The summed E-state index contributed by atoms with van der Waals surface area (Å²) in [6.07, 6.45) is 4.47. The minimum atomic E-state index is -2.90. The van der Waals surface area contributed by atoms with E-state index in [1.54, 1.807) is 12.3 Å². The van der Waals surface area contributed by atoms with Crippen LogP contribution < -0.4 is 9.64 Å². The molecule has 10 nitrogen and oxygen atoms in total. The van der Waals surface area contributed by atoms with E-state index in [-0.39, 0.29) is 37.2 Å². The maximum absolute atomic E-state index is 13.8. The molecule has 3 aliphatic rings. The lowest BCUT2D eigenvalue weighted by molar-refractivity contribution is 0.0119. The average molecular weight is 509 g/mol. The number of rotatable bonds is 6. The highest BCUT2D eigenvalue weighted by Crippen LogP contribution is 2.45. The van der Waals surface area contributed by atoms with E-state index in [0.717, 1.165) is 47.3 Å². The minimum absolute atomic E-state index is 0.0141. The number of anilines is 1. The van der Waals surface area contributed by atoms with Gasteiger partial charge in [-0.15, -0.1) is 0 Å². The molecule has 1 N–H and O–H groups in total. The van der Waals surface area contributed by atoms with Crippen molar-refractivity contribution in [3.8, 4) is 12.1 Å². The lowest BCUT2D eigenvalue weighted by Crippen LogP contribution is -2.35. The van der Waals surface area contributed by atoms with Crippen molar-refractivity contribution in [3.05, 3.63) is 35.8 Å². The number of ether oxygens (including phenoxy) is 1. The molecular formula is C25H26F2N8O2. The Balaban J connectivity index is 1.22. The van der Waals surface area contributed by atoms with E-state index in [2.05, 4.69) is 31.2 Å². The summed E-state index contributed by atoms with van der Waals surface area (Å²) in [6, 6.07) is 7.70. The fraction of sp³-hybridized carbons (Fsp3) is 0.520. The molecule has 0 bridgehead atoms. The standard InChI is InChI=1S/C25H26F2N8O2/c26-25(27)7-11-35(14-25)22(36)18-12-19(31-23(30-18)37-15-24(13-28)5-6-24)34-9-3-16(4-10-34)20-17-2-1-8-29-21(17)33-32-20/h1-2,8,12,16H,3-7,9-11,14-15H2,(H,29,32,33). The number of piperidine rings is 1. The second-order valence-electron chi connectivity index (χ2n) is 10.2. The molecule has 1 aliphatic carbocycles. The zero-order valence-electron chi connectivity index (χ0n) is 20.2. The lowest BCUT2D eigenvalue weighted by Gasteiger charge is -2.32. The van der Waals surface area contributed by atoms with Crippen LogP contribution in [0.1, 0.15) is 54.2 Å². The molecule has 3 aromatic heterocycles. The zero-order valence-corrected chi connectivity index (χ0v) is 20.2. The van der Waals surface area contributed by atoms with Crippen LogP contribution in [0.4, 0.5) is 14.6 Å². The summed E-state index contributed by atoms with van der Waals surface area (Å²) in [6.45, 7) is 0.791.